The number of benzene rings is 1. The van der Waals surface area contributed by atoms with Crippen LogP contribution < -0.4 is 4.74 Å². The second-order valence-electron chi connectivity index (χ2n) is 6.84. The summed E-state index contributed by atoms with van der Waals surface area (Å²) in [7, 11) is -2.82. The second kappa shape index (κ2) is 7.85. The van der Waals surface area contributed by atoms with E-state index in [9.17, 15) is 13.2 Å². The highest BCUT2D eigenvalue weighted by Crippen LogP contribution is 2.20. The molecule has 0 saturated carbocycles. The molecule has 1 aromatic carbocycles. The summed E-state index contributed by atoms with van der Waals surface area (Å²) in [6, 6.07) is 7.52. The molecule has 0 N–H and O–H groups in total. The lowest BCUT2D eigenvalue weighted by atomic mass is 10.1. The minimum atomic E-state index is -2.82. The first kappa shape index (κ1) is 18.4. The molecule has 7 heteroatoms. The van der Waals surface area contributed by atoms with Crippen LogP contribution in [0.4, 0.5) is 0 Å². The highest BCUT2D eigenvalue weighted by Gasteiger charge is 2.33. The lowest BCUT2D eigenvalue weighted by Gasteiger charge is -2.37. The molecule has 138 valence electrons. The maximum absolute atomic E-state index is 11.6. The molecular formula is C18H26N2O4S. The van der Waals surface area contributed by atoms with E-state index in [4.69, 9.17) is 4.74 Å². The number of ketones is 1. The molecule has 2 aliphatic heterocycles. The van der Waals surface area contributed by atoms with Crippen LogP contribution in [0, 0.1) is 0 Å². The highest BCUT2D eigenvalue weighted by molar-refractivity contribution is 7.91. The summed E-state index contributed by atoms with van der Waals surface area (Å²) < 4.78 is 29.0. The van der Waals surface area contributed by atoms with E-state index < -0.39 is 9.84 Å². The fraction of sp³-hybridized carbons (Fsp3) is 0.611. The van der Waals surface area contributed by atoms with Gasteiger partial charge >= 0.3 is 0 Å². The van der Waals surface area contributed by atoms with Crippen molar-refractivity contribution in [1.29, 1.82) is 0 Å². The summed E-state index contributed by atoms with van der Waals surface area (Å²) in [6.45, 7) is 6.56. The Morgan fingerprint density at radius 2 is 1.92 bits per heavy atom. The fourth-order valence-corrected chi connectivity index (χ4v) is 5.35. The molecule has 2 saturated heterocycles. The van der Waals surface area contributed by atoms with Crippen LogP contribution in [0.25, 0.3) is 0 Å². The Bertz CT molecular complexity index is 712. The van der Waals surface area contributed by atoms with E-state index in [1.54, 1.807) is 13.0 Å². The fourth-order valence-electron chi connectivity index (χ4n) is 3.58. The normalized spacial score (nSPS) is 24.3. The zero-order valence-corrected chi connectivity index (χ0v) is 15.5. The molecule has 0 aliphatic carbocycles. The number of nitrogens with zero attached hydrogens (tertiary/aromatic N) is 2. The Balaban J connectivity index is 1.42. The summed E-state index contributed by atoms with van der Waals surface area (Å²) in [6.07, 6.45) is 0.771. The molecule has 2 heterocycles. The summed E-state index contributed by atoms with van der Waals surface area (Å²) in [5.74, 6) is 1.31. The summed E-state index contributed by atoms with van der Waals surface area (Å²) >= 11 is 0. The molecule has 0 amide bonds. The van der Waals surface area contributed by atoms with Crippen molar-refractivity contribution < 1.29 is 17.9 Å². The Morgan fingerprint density at radius 3 is 2.56 bits per heavy atom. The van der Waals surface area contributed by atoms with Crippen LogP contribution >= 0.6 is 0 Å². The first-order chi connectivity index (χ1) is 11.9. The summed E-state index contributed by atoms with van der Waals surface area (Å²) in [5.41, 5.74) is 0.620. The number of carbonyl (C=O) groups excluding carboxylic acids is 1. The van der Waals surface area contributed by atoms with E-state index in [1.807, 2.05) is 18.2 Å². The zero-order valence-electron chi connectivity index (χ0n) is 14.7. The lowest BCUT2D eigenvalue weighted by molar-refractivity contribution is 0.0929. The van der Waals surface area contributed by atoms with E-state index in [0.29, 0.717) is 29.4 Å². The van der Waals surface area contributed by atoms with Crippen LogP contribution in [0.15, 0.2) is 24.3 Å². The number of Topliss-reactive ketones (excluding diaryl/α,β-unsaturated/α-hetero) is 1. The van der Waals surface area contributed by atoms with E-state index in [0.717, 1.165) is 39.1 Å². The van der Waals surface area contributed by atoms with Gasteiger partial charge < -0.3 is 4.74 Å². The number of rotatable bonds is 6. The second-order valence-corrected chi connectivity index (χ2v) is 9.06. The quantitative estimate of drug-likeness (QED) is 0.702. The molecule has 25 heavy (non-hydrogen) atoms. The number of sulfone groups is 1. The van der Waals surface area contributed by atoms with Crippen LogP contribution in [-0.2, 0) is 9.84 Å². The Hall–Kier alpha value is -1.44. The van der Waals surface area contributed by atoms with Gasteiger partial charge in [-0.3, -0.25) is 14.6 Å². The predicted octanol–water partition coefficient (Wildman–Crippen LogP) is 1.07. The third kappa shape index (κ3) is 4.80. The van der Waals surface area contributed by atoms with Crippen LogP contribution in [0.2, 0.25) is 0 Å². The predicted molar refractivity (Wildman–Crippen MR) is 97.0 cm³/mol. The molecule has 3 rings (SSSR count). The van der Waals surface area contributed by atoms with Gasteiger partial charge in [0.2, 0.25) is 0 Å². The van der Waals surface area contributed by atoms with Crippen molar-refractivity contribution >= 4 is 15.6 Å². The monoisotopic (exact) mass is 366 g/mol. The number of ether oxygens (including phenoxy) is 1. The van der Waals surface area contributed by atoms with Crippen molar-refractivity contribution in [2.45, 2.75) is 19.4 Å². The minimum absolute atomic E-state index is 0.00994. The molecule has 1 atom stereocenters. The zero-order chi connectivity index (χ0) is 17.9. The smallest absolute Gasteiger partial charge is 0.163 e. The molecule has 0 bridgehead atoms. The first-order valence-corrected chi connectivity index (χ1v) is 10.7. The highest BCUT2D eigenvalue weighted by atomic mass is 32.2. The van der Waals surface area contributed by atoms with E-state index in [1.165, 1.54) is 0 Å². The standard InChI is InChI=1S/C18H26N2O4S/c1-15(21)17-4-2-3-5-18(17)24-12-11-19-7-9-20(10-8-19)16-6-13-25(22,23)14-16/h2-5,16H,6-14H2,1H3/t16-/m0/s1. The summed E-state index contributed by atoms with van der Waals surface area (Å²) in [4.78, 5) is 16.2. The van der Waals surface area contributed by atoms with Gasteiger partial charge in [-0.1, -0.05) is 12.1 Å². The van der Waals surface area contributed by atoms with Crippen molar-refractivity contribution in [2.75, 3.05) is 50.8 Å². The molecule has 6 nitrogen and oxygen atoms in total. The van der Waals surface area contributed by atoms with E-state index in [2.05, 4.69) is 9.80 Å². The SMILES string of the molecule is CC(=O)c1ccccc1OCCN1CCN([C@H]2CCS(=O)(=O)C2)CC1. The Labute approximate surface area is 149 Å². The molecule has 1 aromatic rings. The van der Waals surface area contributed by atoms with Gasteiger partial charge in [0, 0.05) is 38.8 Å². The maximum atomic E-state index is 11.6. The van der Waals surface area contributed by atoms with Gasteiger partial charge in [0.05, 0.1) is 17.1 Å². The van der Waals surface area contributed by atoms with Gasteiger partial charge in [0.1, 0.15) is 12.4 Å². The molecule has 0 radical (unpaired) electrons. The van der Waals surface area contributed by atoms with Crippen LogP contribution in [0.5, 0.6) is 5.75 Å². The number of piperazine rings is 1. The largest absolute Gasteiger partial charge is 0.491 e. The first-order valence-electron chi connectivity index (χ1n) is 8.84. The Morgan fingerprint density at radius 1 is 1.20 bits per heavy atom. The van der Waals surface area contributed by atoms with Crippen LogP contribution in [0.3, 0.4) is 0 Å². The number of hydrogen-bond donors (Lipinski definition) is 0. The maximum Gasteiger partial charge on any atom is 0.163 e. The van der Waals surface area contributed by atoms with E-state index in [-0.39, 0.29) is 11.8 Å². The van der Waals surface area contributed by atoms with Crippen molar-refractivity contribution in [1.82, 2.24) is 9.80 Å². The average molecular weight is 366 g/mol. The topological polar surface area (TPSA) is 66.9 Å². The van der Waals surface area contributed by atoms with Gasteiger partial charge in [-0.15, -0.1) is 0 Å². The lowest BCUT2D eigenvalue weighted by Crippen LogP contribution is -2.51. The number of carbonyl (C=O) groups is 1. The number of para-hydroxylation sites is 1. The van der Waals surface area contributed by atoms with Gasteiger partial charge in [-0.05, 0) is 25.5 Å². The average Bonchev–Trinajstić information content (AvgIpc) is 2.96. The van der Waals surface area contributed by atoms with Crippen molar-refractivity contribution in [2.24, 2.45) is 0 Å². The molecular weight excluding hydrogens is 340 g/mol. The minimum Gasteiger partial charge on any atom is -0.491 e. The van der Waals surface area contributed by atoms with Gasteiger partial charge in [0.25, 0.3) is 0 Å². The van der Waals surface area contributed by atoms with Crippen LogP contribution in [-0.4, -0.2) is 80.9 Å². The van der Waals surface area contributed by atoms with Crippen molar-refractivity contribution in [3.8, 4) is 5.75 Å². The summed E-state index contributed by atoms with van der Waals surface area (Å²) in [5, 5.41) is 0. The van der Waals surface area contributed by atoms with Gasteiger partial charge in [0.15, 0.2) is 15.6 Å². The molecule has 2 fully saturated rings. The molecule has 0 aromatic heterocycles. The van der Waals surface area contributed by atoms with E-state index >= 15 is 0 Å². The Kier molecular flexibility index (Phi) is 5.76. The molecule has 2 aliphatic rings. The van der Waals surface area contributed by atoms with Gasteiger partial charge in [-0.2, -0.15) is 0 Å². The third-order valence-corrected chi connectivity index (χ3v) is 6.81. The van der Waals surface area contributed by atoms with Crippen molar-refractivity contribution in [3.05, 3.63) is 29.8 Å². The van der Waals surface area contributed by atoms with Gasteiger partial charge in [-0.25, -0.2) is 8.42 Å². The van der Waals surface area contributed by atoms with Crippen molar-refractivity contribution in [3.63, 3.8) is 0 Å². The number of hydrogen-bond acceptors (Lipinski definition) is 6. The van der Waals surface area contributed by atoms with Crippen LogP contribution in [0.1, 0.15) is 23.7 Å². The molecule has 0 spiro atoms. The molecule has 0 unspecified atom stereocenters. The third-order valence-electron chi connectivity index (χ3n) is 5.06.